The maximum atomic E-state index is 12.9. The zero-order valence-corrected chi connectivity index (χ0v) is 19.2. The number of carbonyl (C=O) groups excluding carboxylic acids is 1. The SMILES string of the molecule is [B]c1cnn2c(NCc3cccnc3)cc(C3CCCN(C(=O)Nc4ccccc4Cl)C3)nc12. The first-order valence-corrected chi connectivity index (χ1v) is 11.5. The average molecular weight is 472 g/mol. The maximum absolute atomic E-state index is 12.9. The molecule has 10 heteroatoms. The monoisotopic (exact) mass is 471 g/mol. The summed E-state index contributed by atoms with van der Waals surface area (Å²) in [5, 5.41) is 11.2. The Balaban J connectivity index is 1.37. The van der Waals surface area contributed by atoms with Crippen LogP contribution in [0.4, 0.5) is 16.3 Å². The molecule has 1 aliphatic heterocycles. The molecule has 0 bridgehead atoms. The summed E-state index contributed by atoms with van der Waals surface area (Å²) in [5.41, 5.74) is 3.64. The van der Waals surface area contributed by atoms with Gasteiger partial charge in [0.05, 0.1) is 16.4 Å². The number of aromatic nitrogens is 4. The third kappa shape index (κ3) is 4.70. The van der Waals surface area contributed by atoms with E-state index in [1.807, 2.05) is 41.4 Å². The Kier molecular flexibility index (Phi) is 6.36. The normalized spacial score (nSPS) is 15.9. The number of hydrogen-bond donors (Lipinski definition) is 2. The van der Waals surface area contributed by atoms with Crippen molar-refractivity contribution in [3.63, 3.8) is 0 Å². The van der Waals surface area contributed by atoms with Gasteiger partial charge in [0.25, 0.3) is 0 Å². The lowest BCUT2D eigenvalue weighted by atomic mass is 9.94. The third-order valence-electron chi connectivity index (χ3n) is 5.96. The number of anilines is 2. The van der Waals surface area contributed by atoms with Gasteiger partial charge in [-0.2, -0.15) is 9.61 Å². The lowest BCUT2D eigenvalue weighted by molar-refractivity contribution is 0.192. The fourth-order valence-corrected chi connectivity index (χ4v) is 4.37. The van der Waals surface area contributed by atoms with Gasteiger partial charge in [0, 0.05) is 50.2 Å². The zero-order valence-electron chi connectivity index (χ0n) is 18.5. The Bertz CT molecular complexity index is 1310. The van der Waals surface area contributed by atoms with E-state index in [1.54, 1.807) is 29.0 Å². The molecule has 1 fully saturated rings. The van der Waals surface area contributed by atoms with Gasteiger partial charge in [0.1, 0.15) is 13.7 Å². The van der Waals surface area contributed by atoms with Gasteiger partial charge in [-0.1, -0.05) is 29.8 Å². The number of rotatable bonds is 5. The zero-order chi connectivity index (χ0) is 23.5. The van der Waals surface area contributed by atoms with Crippen LogP contribution in [0.15, 0.2) is 61.1 Å². The van der Waals surface area contributed by atoms with E-state index in [0.717, 1.165) is 29.9 Å². The summed E-state index contributed by atoms with van der Waals surface area (Å²) >= 11 is 6.21. The van der Waals surface area contributed by atoms with Crippen LogP contribution in [0.3, 0.4) is 0 Å². The molecule has 0 spiro atoms. The van der Waals surface area contributed by atoms with E-state index < -0.39 is 0 Å². The Labute approximate surface area is 203 Å². The number of piperidine rings is 1. The molecule has 5 rings (SSSR count). The highest BCUT2D eigenvalue weighted by Crippen LogP contribution is 2.29. The van der Waals surface area contributed by atoms with Crippen LogP contribution in [0.2, 0.25) is 5.02 Å². The number of pyridine rings is 1. The number of benzene rings is 1. The van der Waals surface area contributed by atoms with Crippen molar-refractivity contribution in [3.8, 4) is 0 Å². The molecule has 1 saturated heterocycles. The van der Waals surface area contributed by atoms with E-state index in [-0.39, 0.29) is 11.9 Å². The average Bonchev–Trinajstić information content (AvgIpc) is 3.25. The largest absolute Gasteiger partial charge is 0.366 e. The number of nitrogens with zero attached hydrogens (tertiary/aromatic N) is 5. The van der Waals surface area contributed by atoms with Crippen LogP contribution in [0.1, 0.15) is 30.0 Å². The highest BCUT2D eigenvalue weighted by Gasteiger charge is 2.27. The summed E-state index contributed by atoms with van der Waals surface area (Å²) < 4.78 is 1.71. The summed E-state index contributed by atoms with van der Waals surface area (Å²) in [4.78, 5) is 23.7. The molecule has 8 nitrogen and oxygen atoms in total. The smallest absolute Gasteiger partial charge is 0.321 e. The van der Waals surface area contributed by atoms with Crippen molar-refractivity contribution < 1.29 is 4.79 Å². The number of para-hydroxylation sites is 1. The lowest BCUT2D eigenvalue weighted by Crippen LogP contribution is -2.41. The minimum absolute atomic E-state index is 0.0731. The quantitative estimate of drug-likeness (QED) is 0.434. The molecule has 1 aliphatic rings. The Hall–Kier alpha value is -3.59. The molecular formula is C24H23BClN7O. The van der Waals surface area contributed by atoms with E-state index in [1.165, 1.54) is 0 Å². The summed E-state index contributed by atoms with van der Waals surface area (Å²) in [7, 11) is 6.16. The maximum Gasteiger partial charge on any atom is 0.321 e. The van der Waals surface area contributed by atoms with Crippen molar-refractivity contribution >= 4 is 48.1 Å². The number of fused-ring (bicyclic) bond motifs is 1. The summed E-state index contributed by atoms with van der Waals surface area (Å²) in [6.45, 7) is 1.81. The molecular weight excluding hydrogens is 449 g/mol. The summed E-state index contributed by atoms with van der Waals surface area (Å²) in [6.07, 6.45) is 6.97. The topological polar surface area (TPSA) is 87.5 Å². The first-order chi connectivity index (χ1) is 16.6. The number of likely N-dealkylation sites (tertiary alicyclic amines) is 1. The van der Waals surface area contributed by atoms with Crippen LogP contribution >= 0.6 is 11.6 Å². The predicted octanol–water partition coefficient (Wildman–Crippen LogP) is 3.60. The third-order valence-corrected chi connectivity index (χ3v) is 6.29. The number of urea groups is 1. The number of hydrogen-bond acceptors (Lipinski definition) is 5. The van der Waals surface area contributed by atoms with E-state index in [0.29, 0.717) is 41.5 Å². The summed E-state index contributed by atoms with van der Waals surface area (Å²) in [5.74, 6) is 0.863. The molecule has 34 heavy (non-hydrogen) atoms. The van der Waals surface area contributed by atoms with Crippen LogP contribution in [0, 0.1) is 0 Å². The number of amides is 2. The van der Waals surface area contributed by atoms with E-state index in [4.69, 9.17) is 24.4 Å². The molecule has 1 unspecified atom stereocenters. The lowest BCUT2D eigenvalue weighted by Gasteiger charge is -2.32. The Morgan fingerprint density at radius 1 is 1.21 bits per heavy atom. The highest BCUT2D eigenvalue weighted by molar-refractivity contribution is 6.36. The Morgan fingerprint density at radius 2 is 2.09 bits per heavy atom. The van der Waals surface area contributed by atoms with Gasteiger partial charge in [-0.15, -0.1) is 0 Å². The first-order valence-electron chi connectivity index (χ1n) is 11.2. The fraction of sp³-hybridized carbons (Fsp3) is 0.250. The minimum Gasteiger partial charge on any atom is -0.366 e. The van der Waals surface area contributed by atoms with Crippen LogP contribution in [-0.4, -0.2) is 51.4 Å². The molecule has 0 saturated carbocycles. The van der Waals surface area contributed by atoms with Crippen LogP contribution in [0.5, 0.6) is 0 Å². The van der Waals surface area contributed by atoms with Gasteiger partial charge in [0.15, 0.2) is 5.65 Å². The van der Waals surface area contributed by atoms with Crippen molar-refractivity contribution in [2.24, 2.45) is 0 Å². The molecule has 1 atom stereocenters. The molecule has 3 aromatic heterocycles. The molecule has 0 aliphatic carbocycles. The molecule has 2 N–H and O–H groups in total. The van der Waals surface area contributed by atoms with Crippen LogP contribution in [-0.2, 0) is 6.54 Å². The summed E-state index contributed by atoms with van der Waals surface area (Å²) in [6, 6.07) is 13.0. The molecule has 2 radical (unpaired) electrons. The second-order valence-electron chi connectivity index (χ2n) is 8.31. The molecule has 2 amide bonds. The van der Waals surface area contributed by atoms with Gasteiger partial charge in [-0.05, 0) is 42.1 Å². The standard InChI is InChI=1S/C24H23BClN7O/c25-18-14-29-33-22(28-13-16-5-3-9-27-12-16)11-21(30-23(18)33)17-6-4-10-32(15-17)24(34)31-20-8-2-1-7-19(20)26/h1-3,5,7-9,11-12,14,17,28H,4,6,10,13,15H2,(H,31,34). The number of halogens is 1. The molecule has 4 aromatic rings. The van der Waals surface area contributed by atoms with Crippen molar-refractivity contribution in [1.82, 2.24) is 24.5 Å². The number of carbonyl (C=O) groups is 1. The van der Waals surface area contributed by atoms with E-state index in [9.17, 15) is 4.79 Å². The van der Waals surface area contributed by atoms with E-state index >= 15 is 0 Å². The minimum atomic E-state index is -0.169. The molecule has 4 heterocycles. The highest BCUT2D eigenvalue weighted by atomic mass is 35.5. The van der Waals surface area contributed by atoms with Crippen molar-refractivity contribution in [3.05, 3.63) is 77.3 Å². The van der Waals surface area contributed by atoms with Gasteiger partial charge in [-0.3, -0.25) is 4.98 Å². The molecule has 1 aromatic carbocycles. The van der Waals surface area contributed by atoms with Crippen LogP contribution < -0.4 is 16.1 Å². The second-order valence-corrected chi connectivity index (χ2v) is 8.72. The van der Waals surface area contributed by atoms with Gasteiger partial charge < -0.3 is 15.5 Å². The van der Waals surface area contributed by atoms with Crippen LogP contribution in [0.25, 0.3) is 5.65 Å². The van der Waals surface area contributed by atoms with Gasteiger partial charge in [-0.25, -0.2) is 9.78 Å². The predicted molar refractivity (Wildman–Crippen MR) is 134 cm³/mol. The van der Waals surface area contributed by atoms with Crippen molar-refractivity contribution in [1.29, 1.82) is 0 Å². The van der Waals surface area contributed by atoms with Crippen molar-refractivity contribution in [2.75, 3.05) is 23.7 Å². The first kappa shape index (κ1) is 22.2. The Morgan fingerprint density at radius 3 is 2.91 bits per heavy atom. The molecule has 170 valence electrons. The second kappa shape index (κ2) is 9.73. The number of nitrogens with one attached hydrogen (secondary N) is 2. The fourth-order valence-electron chi connectivity index (χ4n) is 4.19. The van der Waals surface area contributed by atoms with Crippen molar-refractivity contribution in [2.45, 2.75) is 25.3 Å². The van der Waals surface area contributed by atoms with E-state index in [2.05, 4.69) is 20.7 Å². The van der Waals surface area contributed by atoms with Gasteiger partial charge >= 0.3 is 6.03 Å². The van der Waals surface area contributed by atoms with Gasteiger partial charge in [0.2, 0.25) is 0 Å².